The summed E-state index contributed by atoms with van der Waals surface area (Å²) in [5, 5.41) is -0.170. The number of halogens is 1. The van der Waals surface area contributed by atoms with Crippen molar-refractivity contribution >= 4 is 17.4 Å². The molecule has 2 saturated carbocycles. The van der Waals surface area contributed by atoms with Crippen LogP contribution in [0.15, 0.2) is 0 Å². The van der Waals surface area contributed by atoms with Gasteiger partial charge in [0.2, 0.25) is 0 Å². The first-order chi connectivity index (χ1) is 5.72. The van der Waals surface area contributed by atoms with Crippen LogP contribution in [0.1, 0.15) is 44.9 Å². The van der Waals surface area contributed by atoms with Gasteiger partial charge < -0.3 is 0 Å². The number of ketones is 1. The van der Waals surface area contributed by atoms with Crippen molar-refractivity contribution in [3.8, 4) is 0 Å². The van der Waals surface area contributed by atoms with Crippen molar-refractivity contribution in [1.82, 2.24) is 0 Å². The van der Waals surface area contributed by atoms with Gasteiger partial charge in [-0.25, -0.2) is 0 Å². The Morgan fingerprint density at radius 3 is 2.50 bits per heavy atom. The minimum atomic E-state index is -0.170. The van der Waals surface area contributed by atoms with Gasteiger partial charge in [0.15, 0.2) is 5.78 Å². The molecule has 0 aromatic rings. The number of carbonyl (C=O) groups is 1. The van der Waals surface area contributed by atoms with Crippen LogP contribution in [0.5, 0.6) is 0 Å². The molecule has 2 fully saturated rings. The van der Waals surface area contributed by atoms with Crippen LogP contribution in [0.2, 0.25) is 0 Å². The van der Waals surface area contributed by atoms with E-state index >= 15 is 0 Å². The van der Waals surface area contributed by atoms with E-state index < -0.39 is 0 Å². The molecule has 0 radical (unpaired) electrons. The van der Waals surface area contributed by atoms with E-state index in [1.165, 1.54) is 25.7 Å². The summed E-state index contributed by atoms with van der Waals surface area (Å²) in [7, 11) is 0. The van der Waals surface area contributed by atoms with Crippen LogP contribution in [0.25, 0.3) is 0 Å². The van der Waals surface area contributed by atoms with Crippen molar-refractivity contribution in [2.75, 3.05) is 0 Å². The highest BCUT2D eigenvalue weighted by atomic mass is 35.5. The predicted octanol–water partition coefficient (Wildman–Crippen LogP) is 2.91. The molecule has 1 nitrogen and oxygen atoms in total. The molecule has 0 saturated heterocycles. The third kappa shape index (κ3) is 1.39. The van der Waals surface area contributed by atoms with Crippen LogP contribution in [0.4, 0.5) is 0 Å². The highest BCUT2D eigenvalue weighted by Gasteiger charge is 2.40. The summed E-state index contributed by atoms with van der Waals surface area (Å²) in [6, 6.07) is 0. The molecule has 2 heteroatoms. The zero-order chi connectivity index (χ0) is 8.60. The van der Waals surface area contributed by atoms with Crippen LogP contribution < -0.4 is 0 Å². The van der Waals surface area contributed by atoms with E-state index in [0.717, 1.165) is 19.3 Å². The Bertz CT molecular complexity index is 194. The zero-order valence-corrected chi connectivity index (χ0v) is 8.07. The van der Waals surface area contributed by atoms with Crippen LogP contribution >= 0.6 is 11.6 Å². The monoisotopic (exact) mass is 186 g/mol. The van der Waals surface area contributed by atoms with Gasteiger partial charge in [0.05, 0.1) is 5.38 Å². The molecule has 1 spiro atoms. The van der Waals surface area contributed by atoms with Crippen molar-refractivity contribution in [3.05, 3.63) is 0 Å². The number of carbonyl (C=O) groups excluding carboxylic acids is 1. The molecule has 1 unspecified atom stereocenters. The lowest BCUT2D eigenvalue weighted by atomic mass is 9.72. The summed E-state index contributed by atoms with van der Waals surface area (Å²) in [6.07, 6.45) is 8.10. The first-order valence-electron chi connectivity index (χ1n) is 4.89. The van der Waals surface area contributed by atoms with E-state index in [1.807, 2.05) is 0 Å². The molecule has 12 heavy (non-hydrogen) atoms. The van der Waals surface area contributed by atoms with Crippen LogP contribution in [-0.4, -0.2) is 11.2 Å². The van der Waals surface area contributed by atoms with E-state index in [9.17, 15) is 4.79 Å². The van der Waals surface area contributed by atoms with E-state index in [4.69, 9.17) is 11.6 Å². The first-order valence-corrected chi connectivity index (χ1v) is 5.32. The summed E-state index contributed by atoms with van der Waals surface area (Å²) in [5.74, 6) is 0.272. The topological polar surface area (TPSA) is 17.1 Å². The Balaban J connectivity index is 2.05. The second-order valence-electron chi connectivity index (χ2n) is 4.35. The van der Waals surface area contributed by atoms with Gasteiger partial charge in [0, 0.05) is 6.42 Å². The van der Waals surface area contributed by atoms with Crippen LogP contribution in [0, 0.1) is 5.41 Å². The second kappa shape index (κ2) is 3.02. The van der Waals surface area contributed by atoms with Gasteiger partial charge in [0.1, 0.15) is 0 Å². The van der Waals surface area contributed by atoms with Gasteiger partial charge in [-0.3, -0.25) is 4.79 Å². The standard InChI is InChI=1S/C10H15ClO/c11-8-7-10(4-1-2-5-10)6-3-9(8)12/h8H,1-7H2. The second-order valence-corrected chi connectivity index (χ2v) is 4.87. The number of rotatable bonds is 0. The van der Waals surface area contributed by atoms with Gasteiger partial charge in [-0.15, -0.1) is 11.6 Å². The molecule has 0 heterocycles. The van der Waals surface area contributed by atoms with E-state index in [0.29, 0.717) is 5.41 Å². The summed E-state index contributed by atoms with van der Waals surface area (Å²) >= 11 is 5.99. The fraction of sp³-hybridized carbons (Fsp3) is 0.900. The highest BCUT2D eigenvalue weighted by Crippen LogP contribution is 2.49. The highest BCUT2D eigenvalue weighted by molar-refractivity contribution is 6.31. The maximum atomic E-state index is 11.2. The summed E-state index contributed by atoms with van der Waals surface area (Å²) in [5.41, 5.74) is 0.473. The molecule has 0 aliphatic heterocycles. The molecule has 1 atom stereocenters. The van der Waals surface area contributed by atoms with Gasteiger partial charge in [-0.05, 0) is 31.1 Å². The summed E-state index contributed by atoms with van der Waals surface area (Å²) in [4.78, 5) is 11.2. The Kier molecular flexibility index (Phi) is 2.16. The summed E-state index contributed by atoms with van der Waals surface area (Å²) in [6.45, 7) is 0. The zero-order valence-electron chi connectivity index (χ0n) is 7.31. The lowest BCUT2D eigenvalue weighted by molar-refractivity contribution is -0.121. The predicted molar refractivity (Wildman–Crippen MR) is 49.4 cm³/mol. The fourth-order valence-corrected chi connectivity index (χ4v) is 3.16. The molecule has 0 aromatic heterocycles. The van der Waals surface area contributed by atoms with E-state index in [-0.39, 0.29) is 11.2 Å². The van der Waals surface area contributed by atoms with Crippen molar-refractivity contribution in [1.29, 1.82) is 0 Å². The lowest BCUT2D eigenvalue weighted by Gasteiger charge is -2.34. The first kappa shape index (κ1) is 8.55. The number of alkyl halides is 1. The molecule has 0 amide bonds. The van der Waals surface area contributed by atoms with Gasteiger partial charge >= 0.3 is 0 Å². The Hall–Kier alpha value is -0.0400. The number of Topliss-reactive ketones (excluding diaryl/α,β-unsaturated/α-hetero) is 1. The Morgan fingerprint density at radius 2 is 1.92 bits per heavy atom. The third-order valence-corrected chi connectivity index (χ3v) is 3.93. The average Bonchev–Trinajstić information content (AvgIpc) is 2.47. The van der Waals surface area contributed by atoms with Crippen LogP contribution in [0.3, 0.4) is 0 Å². The maximum absolute atomic E-state index is 11.2. The van der Waals surface area contributed by atoms with Gasteiger partial charge in [-0.1, -0.05) is 12.8 Å². The maximum Gasteiger partial charge on any atom is 0.150 e. The average molecular weight is 187 g/mol. The summed E-state index contributed by atoms with van der Waals surface area (Å²) < 4.78 is 0. The molecule has 68 valence electrons. The number of hydrogen-bond acceptors (Lipinski definition) is 1. The SMILES string of the molecule is O=C1CCC2(CCCC2)CC1Cl. The molecule has 2 aliphatic rings. The minimum Gasteiger partial charge on any atom is -0.298 e. The van der Waals surface area contributed by atoms with Gasteiger partial charge in [-0.2, -0.15) is 0 Å². The van der Waals surface area contributed by atoms with Crippen molar-refractivity contribution in [2.45, 2.75) is 50.3 Å². The molecular weight excluding hydrogens is 172 g/mol. The molecule has 2 rings (SSSR count). The fourth-order valence-electron chi connectivity index (χ4n) is 2.72. The molecule has 0 bridgehead atoms. The molecule has 0 N–H and O–H groups in total. The van der Waals surface area contributed by atoms with Crippen molar-refractivity contribution < 1.29 is 4.79 Å². The quantitative estimate of drug-likeness (QED) is 0.532. The largest absolute Gasteiger partial charge is 0.298 e. The van der Waals surface area contributed by atoms with E-state index in [1.54, 1.807) is 0 Å². The minimum absolute atomic E-state index is 0.170. The molecular formula is C10H15ClO. The van der Waals surface area contributed by atoms with Gasteiger partial charge in [0.25, 0.3) is 0 Å². The van der Waals surface area contributed by atoms with Crippen molar-refractivity contribution in [2.24, 2.45) is 5.41 Å². The van der Waals surface area contributed by atoms with Crippen LogP contribution in [-0.2, 0) is 4.79 Å². The van der Waals surface area contributed by atoms with Crippen molar-refractivity contribution in [3.63, 3.8) is 0 Å². The molecule has 2 aliphatic carbocycles. The molecule has 0 aromatic carbocycles. The normalized spacial score (nSPS) is 34.4. The third-order valence-electron chi connectivity index (χ3n) is 3.53. The Morgan fingerprint density at radius 1 is 1.25 bits per heavy atom. The van der Waals surface area contributed by atoms with E-state index in [2.05, 4.69) is 0 Å². The Labute approximate surface area is 78.5 Å². The number of hydrogen-bond donors (Lipinski definition) is 0. The lowest BCUT2D eigenvalue weighted by Crippen LogP contribution is -2.32. The smallest absolute Gasteiger partial charge is 0.150 e.